The third kappa shape index (κ3) is 6.70. The fraction of sp³-hybridized carbons (Fsp3) is 0.167. The predicted molar refractivity (Wildman–Crippen MR) is 98.0 cm³/mol. The number of ether oxygens (including phenoxy) is 1. The zero-order chi connectivity index (χ0) is 19.8. The number of halogens is 2. The maximum atomic E-state index is 12.6. The van der Waals surface area contributed by atoms with Crippen molar-refractivity contribution in [1.29, 1.82) is 0 Å². The van der Waals surface area contributed by atoms with E-state index < -0.39 is 24.2 Å². The quantitative estimate of drug-likeness (QED) is 0.552. The molecule has 27 heavy (non-hydrogen) atoms. The van der Waals surface area contributed by atoms with E-state index in [0.717, 1.165) is 0 Å². The van der Waals surface area contributed by atoms with Crippen molar-refractivity contribution in [3.63, 3.8) is 0 Å². The van der Waals surface area contributed by atoms with Crippen molar-refractivity contribution in [1.82, 2.24) is 0 Å². The van der Waals surface area contributed by atoms with E-state index in [1.807, 2.05) is 0 Å². The molecule has 0 saturated carbocycles. The minimum absolute atomic E-state index is 0.0387. The van der Waals surface area contributed by atoms with Gasteiger partial charge in [-0.3, -0.25) is 9.59 Å². The molecule has 9 heteroatoms. The average Bonchev–Trinajstić information content (AvgIpc) is 2.59. The van der Waals surface area contributed by atoms with Crippen molar-refractivity contribution in [3.05, 3.63) is 54.1 Å². The molecule has 0 aliphatic carbocycles. The van der Waals surface area contributed by atoms with E-state index in [1.165, 1.54) is 37.3 Å². The monoisotopic (exact) mass is 394 g/mol. The Morgan fingerprint density at radius 1 is 1.04 bits per heavy atom. The second-order valence-electron chi connectivity index (χ2n) is 5.26. The van der Waals surface area contributed by atoms with E-state index >= 15 is 0 Å². The molecule has 2 aromatic rings. The number of esters is 1. The molecule has 2 amide bonds. The summed E-state index contributed by atoms with van der Waals surface area (Å²) in [6.45, 7) is 0.770. The number of carbonyl (C=O) groups is 3. The number of anilines is 2. The summed E-state index contributed by atoms with van der Waals surface area (Å²) >= 11 is 0.227. The first-order valence-electron chi connectivity index (χ1n) is 7.73. The summed E-state index contributed by atoms with van der Waals surface area (Å²) in [7, 11) is 0. The van der Waals surface area contributed by atoms with Gasteiger partial charge in [-0.25, -0.2) is 4.79 Å². The van der Waals surface area contributed by atoms with Gasteiger partial charge in [0.2, 0.25) is 5.91 Å². The van der Waals surface area contributed by atoms with Crippen LogP contribution in [-0.4, -0.2) is 30.1 Å². The third-order valence-corrected chi connectivity index (χ3v) is 3.91. The van der Waals surface area contributed by atoms with E-state index in [9.17, 15) is 23.2 Å². The number of alkyl halides is 2. The van der Waals surface area contributed by atoms with Crippen molar-refractivity contribution in [2.75, 3.05) is 17.2 Å². The van der Waals surface area contributed by atoms with Gasteiger partial charge in [0.15, 0.2) is 6.61 Å². The molecule has 2 N–H and O–H groups in total. The summed E-state index contributed by atoms with van der Waals surface area (Å²) in [5.74, 6) is -4.42. The van der Waals surface area contributed by atoms with Crippen LogP contribution in [0.3, 0.4) is 0 Å². The molecule has 0 aliphatic rings. The van der Waals surface area contributed by atoms with Gasteiger partial charge < -0.3 is 15.4 Å². The highest BCUT2D eigenvalue weighted by Gasteiger charge is 2.17. The van der Waals surface area contributed by atoms with Crippen molar-refractivity contribution in [2.45, 2.75) is 17.6 Å². The van der Waals surface area contributed by atoms with Crippen LogP contribution < -0.4 is 10.6 Å². The lowest BCUT2D eigenvalue weighted by molar-refractivity contribution is -0.119. The number of rotatable bonds is 7. The number of hydrogen-bond acceptors (Lipinski definition) is 5. The lowest BCUT2D eigenvalue weighted by Gasteiger charge is -2.10. The standard InChI is InChI=1S/C18H16F2N2O4S/c1-11(23)21-12-5-4-6-13(9-12)22-16(24)10-26-17(25)14-7-2-3-8-15(14)27-18(19)20/h2-9,18H,10H2,1H3,(H,21,23)(H,22,24). The summed E-state index contributed by atoms with van der Waals surface area (Å²) in [5.41, 5.74) is 0.856. The van der Waals surface area contributed by atoms with Crippen LogP contribution in [0.2, 0.25) is 0 Å². The molecule has 142 valence electrons. The van der Waals surface area contributed by atoms with E-state index in [4.69, 9.17) is 4.74 Å². The first-order chi connectivity index (χ1) is 12.8. The van der Waals surface area contributed by atoms with Crippen LogP contribution in [0.5, 0.6) is 0 Å². The van der Waals surface area contributed by atoms with Gasteiger partial charge in [-0.2, -0.15) is 8.78 Å². The number of benzene rings is 2. The SMILES string of the molecule is CC(=O)Nc1cccc(NC(=O)COC(=O)c2ccccc2SC(F)F)c1. The first-order valence-corrected chi connectivity index (χ1v) is 8.61. The predicted octanol–water partition coefficient (Wildman–Crippen LogP) is 3.76. The van der Waals surface area contributed by atoms with E-state index in [1.54, 1.807) is 18.2 Å². The maximum Gasteiger partial charge on any atom is 0.339 e. The second-order valence-corrected chi connectivity index (χ2v) is 6.29. The van der Waals surface area contributed by atoms with E-state index in [-0.39, 0.29) is 28.1 Å². The lowest BCUT2D eigenvalue weighted by Crippen LogP contribution is -2.21. The Morgan fingerprint density at radius 2 is 1.70 bits per heavy atom. The second kappa shape index (κ2) is 9.67. The van der Waals surface area contributed by atoms with Crippen LogP contribution >= 0.6 is 11.8 Å². The number of carbonyl (C=O) groups excluding carboxylic acids is 3. The summed E-state index contributed by atoms with van der Waals surface area (Å²) in [6, 6.07) is 12.2. The van der Waals surface area contributed by atoms with Gasteiger partial charge in [0.1, 0.15) is 0 Å². The summed E-state index contributed by atoms with van der Waals surface area (Å²) in [4.78, 5) is 35.1. The Kier molecular flexibility index (Phi) is 7.30. The van der Waals surface area contributed by atoms with Gasteiger partial charge in [0, 0.05) is 23.2 Å². The minimum atomic E-state index is -2.68. The molecule has 2 rings (SSSR count). The zero-order valence-electron chi connectivity index (χ0n) is 14.2. The van der Waals surface area contributed by atoms with Crippen LogP contribution in [0.4, 0.5) is 20.2 Å². The molecule has 0 saturated heterocycles. The molecule has 0 spiro atoms. The van der Waals surface area contributed by atoms with Crippen LogP contribution in [0.1, 0.15) is 17.3 Å². The van der Waals surface area contributed by atoms with Gasteiger partial charge in [-0.15, -0.1) is 0 Å². The smallest absolute Gasteiger partial charge is 0.339 e. The van der Waals surface area contributed by atoms with Crippen LogP contribution in [0, 0.1) is 0 Å². The van der Waals surface area contributed by atoms with E-state index in [0.29, 0.717) is 11.4 Å². The molecule has 0 atom stereocenters. The number of amides is 2. The number of hydrogen-bond donors (Lipinski definition) is 2. The molecule has 2 aromatic carbocycles. The molecule has 0 unspecified atom stereocenters. The van der Waals surface area contributed by atoms with Gasteiger partial charge >= 0.3 is 5.97 Å². The highest BCUT2D eigenvalue weighted by atomic mass is 32.2. The highest BCUT2D eigenvalue weighted by Crippen LogP contribution is 2.28. The Morgan fingerprint density at radius 3 is 2.37 bits per heavy atom. The van der Waals surface area contributed by atoms with Crippen LogP contribution in [0.25, 0.3) is 0 Å². The largest absolute Gasteiger partial charge is 0.452 e. The molecular formula is C18H16F2N2O4S. The minimum Gasteiger partial charge on any atom is -0.452 e. The van der Waals surface area contributed by atoms with Gasteiger partial charge in [0.05, 0.1) is 5.56 Å². The van der Waals surface area contributed by atoms with Gasteiger partial charge in [-0.05, 0) is 30.3 Å². The Labute approximate surface area is 158 Å². The molecular weight excluding hydrogens is 378 g/mol. The lowest BCUT2D eigenvalue weighted by atomic mass is 10.2. The van der Waals surface area contributed by atoms with Crippen molar-refractivity contribution < 1.29 is 27.9 Å². The first kappa shape index (κ1) is 20.4. The molecule has 0 radical (unpaired) electrons. The van der Waals surface area contributed by atoms with Gasteiger partial charge in [0.25, 0.3) is 11.7 Å². The summed E-state index contributed by atoms with van der Waals surface area (Å²) in [6.07, 6.45) is 0. The fourth-order valence-corrected chi connectivity index (χ4v) is 2.75. The molecule has 0 bridgehead atoms. The fourth-order valence-electron chi connectivity index (χ4n) is 2.12. The number of nitrogens with one attached hydrogen (secondary N) is 2. The Bertz CT molecular complexity index is 846. The molecule has 0 heterocycles. The molecule has 6 nitrogen and oxygen atoms in total. The van der Waals surface area contributed by atoms with Crippen molar-refractivity contribution in [3.8, 4) is 0 Å². The Hall–Kier alpha value is -2.94. The Balaban J connectivity index is 1.94. The molecule has 0 fully saturated rings. The summed E-state index contributed by atoms with van der Waals surface area (Å²) in [5, 5.41) is 5.09. The normalized spacial score (nSPS) is 10.4. The number of thioether (sulfide) groups is 1. The van der Waals surface area contributed by atoms with E-state index in [2.05, 4.69) is 10.6 Å². The van der Waals surface area contributed by atoms with Crippen LogP contribution in [0.15, 0.2) is 53.4 Å². The molecule has 0 aromatic heterocycles. The highest BCUT2D eigenvalue weighted by molar-refractivity contribution is 7.99. The van der Waals surface area contributed by atoms with Crippen LogP contribution in [-0.2, 0) is 14.3 Å². The maximum absolute atomic E-state index is 12.6. The summed E-state index contributed by atoms with van der Waals surface area (Å²) < 4.78 is 30.0. The van der Waals surface area contributed by atoms with Gasteiger partial charge in [-0.1, -0.05) is 30.0 Å². The molecule has 0 aliphatic heterocycles. The third-order valence-electron chi connectivity index (χ3n) is 3.12. The van der Waals surface area contributed by atoms with Crippen molar-refractivity contribution >= 4 is 40.9 Å². The topological polar surface area (TPSA) is 84.5 Å². The average molecular weight is 394 g/mol. The van der Waals surface area contributed by atoms with Crippen molar-refractivity contribution in [2.24, 2.45) is 0 Å². The zero-order valence-corrected chi connectivity index (χ0v) is 15.0.